The molecule has 0 bridgehead atoms. The molecule has 5 heteroatoms. The number of aliphatic hydroxyl groups is 1. The minimum absolute atomic E-state index is 0.138. The van der Waals surface area contributed by atoms with Crippen LogP contribution in [0.25, 0.3) is 0 Å². The van der Waals surface area contributed by atoms with E-state index in [4.69, 9.17) is 4.74 Å². The van der Waals surface area contributed by atoms with Crippen LogP contribution < -0.4 is 0 Å². The highest BCUT2D eigenvalue weighted by molar-refractivity contribution is 5.80. The molecule has 100 valence electrons. The Labute approximate surface area is 104 Å². The zero-order valence-electron chi connectivity index (χ0n) is 10.5. The first kappa shape index (κ1) is 14.6. The van der Waals surface area contributed by atoms with E-state index in [2.05, 4.69) is 0 Å². The molecule has 0 fully saturated rings. The Morgan fingerprint density at radius 1 is 1.44 bits per heavy atom. The van der Waals surface area contributed by atoms with Crippen molar-refractivity contribution in [1.82, 2.24) is 0 Å². The lowest BCUT2D eigenvalue weighted by Gasteiger charge is -2.28. The van der Waals surface area contributed by atoms with Gasteiger partial charge in [0.05, 0.1) is 6.61 Å². The Morgan fingerprint density at radius 3 is 2.56 bits per heavy atom. The van der Waals surface area contributed by atoms with Crippen LogP contribution in [0, 0.1) is 11.6 Å². The maximum Gasteiger partial charge on any atom is 0.338 e. The third kappa shape index (κ3) is 2.85. The highest BCUT2D eigenvalue weighted by Crippen LogP contribution is 2.29. The molecule has 0 saturated heterocycles. The highest BCUT2D eigenvalue weighted by Gasteiger charge is 2.39. The van der Waals surface area contributed by atoms with Gasteiger partial charge < -0.3 is 9.84 Å². The third-order valence-corrected chi connectivity index (χ3v) is 2.98. The summed E-state index contributed by atoms with van der Waals surface area (Å²) in [6.07, 6.45) is 0. The summed E-state index contributed by atoms with van der Waals surface area (Å²) in [7, 11) is 0. The van der Waals surface area contributed by atoms with E-state index in [0.717, 1.165) is 12.1 Å². The predicted molar refractivity (Wildman–Crippen MR) is 62.0 cm³/mol. The Morgan fingerprint density at radius 2 is 2.06 bits per heavy atom. The molecular formula is C13H16F2O3. The number of benzene rings is 1. The summed E-state index contributed by atoms with van der Waals surface area (Å²) in [6.45, 7) is 4.59. The van der Waals surface area contributed by atoms with Gasteiger partial charge in [-0.15, -0.1) is 0 Å². The van der Waals surface area contributed by atoms with Gasteiger partial charge in [-0.2, -0.15) is 0 Å². The molecule has 0 saturated carbocycles. The monoisotopic (exact) mass is 258 g/mol. The second-order valence-electron chi connectivity index (χ2n) is 4.26. The van der Waals surface area contributed by atoms with Gasteiger partial charge in [0.15, 0.2) is 17.2 Å². The third-order valence-electron chi connectivity index (χ3n) is 2.98. The van der Waals surface area contributed by atoms with Crippen LogP contribution in [0.5, 0.6) is 0 Å². The van der Waals surface area contributed by atoms with Gasteiger partial charge in [0.2, 0.25) is 0 Å². The summed E-state index contributed by atoms with van der Waals surface area (Å²) in [5, 5.41) is 10.1. The van der Waals surface area contributed by atoms with Crippen molar-refractivity contribution >= 4 is 5.97 Å². The molecule has 1 aromatic rings. The standard InChI is InChI=1S/C13H16F2O3/c1-4-18-12(16)13(3,17)8(2)9-5-6-10(14)11(15)7-9/h5-8,17H,4H2,1-3H3. The molecule has 0 aromatic heterocycles. The van der Waals surface area contributed by atoms with Crippen LogP contribution in [0.4, 0.5) is 8.78 Å². The van der Waals surface area contributed by atoms with Crippen LogP contribution in [-0.2, 0) is 9.53 Å². The van der Waals surface area contributed by atoms with Gasteiger partial charge >= 0.3 is 5.97 Å². The van der Waals surface area contributed by atoms with E-state index < -0.39 is 29.1 Å². The first-order valence-electron chi connectivity index (χ1n) is 5.65. The number of carbonyl (C=O) groups excluding carboxylic acids is 1. The van der Waals surface area contributed by atoms with Crippen molar-refractivity contribution < 1.29 is 23.4 Å². The molecule has 18 heavy (non-hydrogen) atoms. The molecule has 0 aliphatic carbocycles. The van der Waals surface area contributed by atoms with Gasteiger partial charge in [-0.1, -0.05) is 13.0 Å². The minimum atomic E-state index is -1.79. The van der Waals surface area contributed by atoms with Gasteiger partial charge in [0, 0.05) is 5.92 Å². The van der Waals surface area contributed by atoms with Gasteiger partial charge in [0.1, 0.15) is 0 Å². The Balaban J connectivity index is 3.01. The SMILES string of the molecule is CCOC(=O)C(C)(O)C(C)c1ccc(F)c(F)c1. The van der Waals surface area contributed by atoms with Crippen molar-refractivity contribution in [3.05, 3.63) is 35.4 Å². The molecule has 0 aliphatic rings. The second-order valence-corrected chi connectivity index (χ2v) is 4.26. The van der Waals surface area contributed by atoms with Gasteiger partial charge in [-0.05, 0) is 31.5 Å². The molecular weight excluding hydrogens is 242 g/mol. The Hall–Kier alpha value is -1.49. The van der Waals surface area contributed by atoms with Crippen LogP contribution in [0.3, 0.4) is 0 Å². The van der Waals surface area contributed by atoms with Crippen molar-refractivity contribution in [3.63, 3.8) is 0 Å². The molecule has 0 radical (unpaired) electrons. The molecule has 1 N–H and O–H groups in total. The number of hydrogen-bond acceptors (Lipinski definition) is 3. The van der Waals surface area contributed by atoms with E-state index in [0.29, 0.717) is 5.56 Å². The number of halogens is 2. The van der Waals surface area contributed by atoms with E-state index in [9.17, 15) is 18.7 Å². The topological polar surface area (TPSA) is 46.5 Å². The van der Waals surface area contributed by atoms with Gasteiger partial charge in [-0.3, -0.25) is 0 Å². The first-order chi connectivity index (χ1) is 8.30. The van der Waals surface area contributed by atoms with Crippen molar-refractivity contribution in [1.29, 1.82) is 0 Å². The highest BCUT2D eigenvalue weighted by atomic mass is 19.2. The maximum atomic E-state index is 13.1. The smallest absolute Gasteiger partial charge is 0.338 e. The summed E-state index contributed by atoms with van der Waals surface area (Å²) in [5.74, 6) is -3.49. The predicted octanol–water partition coefficient (Wildman–Crippen LogP) is 2.38. The minimum Gasteiger partial charge on any atom is -0.464 e. The summed E-state index contributed by atoms with van der Waals surface area (Å²) >= 11 is 0. The molecule has 0 amide bonds. The summed E-state index contributed by atoms with van der Waals surface area (Å²) in [5.41, 5.74) is -1.47. The average molecular weight is 258 g/mol. The molecule has 0 aliphatic heterocycles. The molecule has 3 nitrogen and oxygen atoms in total. The summed E-state index contributed by atoms with van der Waals surface area (Å²) in [6, 6.07) is 3.26. The molecule has 2 atom stereocenters. The molecule has 1 aromatic carbocycles. The van der Waals surface area contributed by atoms with Crippen molar-refractivity contribution in [2.75, 3.05) is 6.61 Å². The molecule has 1 rings (SSSR count). The molecule has 2 unspecified atom stereocenters. The number of carbonyl (C=O) groups is 1. The quantitative estimate of drug-likeness (QED) is 0.843. The average Bonchev–Trinajstić information content (AvgIpc) is 2.32. The lowest BCUT2D eigenvalue weighted by molar-refractivity contribution is -0.165. The van der Waals surface area contributed by atoms with E-state index in [1.807, 2.05) is 0 Å². The molecule has 0 heterocycles. The van der Waals surface area contributed by atoms with E-state index in [1.54, 1.807) is 13.8 Å². The van der Waals surface area contributed by atoms with Crippen LogP contribution in [0.2, 0.25) is 0 Å². The Kier molecular flexibility index (Phi) is 4.40. The van der Waals surface area contributed by atoms with Crippen molar-refractivity contribution in [2.24, 2.45) is 0 Å². The summed E-state index contributed by atoms with van der Waals surface area (Å²) in [4.78, 5) is 11.6. The fraction of sp³-hybridized carbons (Fsp3) is 0.462. The number of ether oxygens (including phenoxy) is 1. The Bertz CT molecular complexity index is 444. The van der Waals surface area contributed by atoms with Gasteiger partial charge in [-0.25, -0.2) is 13.6 Å². The number of esters is 1. The van der Waals surface area contributed by atoms with Crippen LogP contribution >= 0.6 is 0 Å². The maximum absolute atomic E-state index is 13.1. The lowest BCUT2D eigenvalue weighted by Crippen LogP contribution is -2.41. The second kappa shape index (κ2) is 5.44. The fourth-order valence-corrected chi connectivity index (χ4v) is 1.56. The van der Waals surface area contributed by atoms with E-state index in [-0.39, 0.29) is 6.61 Å². The number of rotatable bonds is 4. The van der Waals surface area contributed by atoms with Crippen LogP contribution in [-0.4, -0.2) is 23.3 Å². The van der Waals surface area contributed by atoms with Crippen molar-refractivity contribution in [3.8, 4) is 0 Å². The van der Waals surface area contributed by atoms with Crippen LogP contribution in [0.1, 0.15) is 32.3 Å². The van der Waals surface area contributed by atoms with Crippen molar-refractivity contribution in [2.45, 2.75) is 32.3 Å². The first-order valence-corrected chi connectivity index (χ1v) is 5.65. The largest absolute Gasteiger partial charge is 0.464 e. The number of hydrogen-bond donors (Lipinski definition) is 1. The van der Waals surface area contributed by atoms with Gasteiger partial charge in [0.25, 0.3) is 0 Å². The molecule has 0 spiro atoms. The lowest BCUT2D eigenvalue weighted by atomic mass is 9.85. The van der Waals surface area contributed by atoms with E-state index in [1.165, 1.54) is 13.0 Å². The van der Waals surface area contributed by atoms with Crippen LogP contribution in [0.15, 0.2) is 18.2 Å². The zero-order chi connectivity index (χ0) is 13.9. The normalized spacial score (nSPS) is 15.9. The zero-order valence-corrected chi connectivity index (χ0v) is 10.5. The summed E-state index contributed by atoms with van der Waals surface area (Å²) < 4.78 is 30.7. The fourth-order valence-electron chi connectivity index (χ4n) is 1.56. The van der Waals surface area contributed by atoms with E-state index >= 15 is 0 Å².